The molecule has 0 aromatic carbocycles. The predicted molar refractivity (Wildman–Crippen MR) is 64.2 cm³/mol. The molecule has 1 heterocycles. The summed E-state index contributed by atoms with van der Waals surface area (Å²) in [6, 6.07) is 0. The van der Waals surface area contributed by atoms with E-state index in [1.165, 1.54) is 0 Å². The van der Waals surface area contributed by atoms with Crippen molar-refractivity contribution >= 4 is 32.2 Å². The third-order valence-electron chi connectivity index (χ3n) is 2.46. The molecule has 1 amide bonds. The number of hydrogen-bond acceptors (Lipinski definition) is 5. The van der Waals surface area contributed by atoms with Crippen LogP contribution in [-0.2, 0) is 19.7 Å². The summed E-state index contributed by atoms with van der Waals surface area (Å²) in [5.41, 5.74) is -0.627. The zero-order valence-corrected chi connectivity index (χ0v) is 11.8. The molecule has 0 unspecified atom stereocenters. The summed E-state index contributed by atoms with van der Waals surface area (Å²) in [5, 5.41) is 0.450. The summed E-state index contributed by atoms with van der Waals surface area (Å²) < 4.78 is 36.9. The van der Waals surface area contributed by atoms with Crippen molar-refractivity contribution in [3.8, 4) is 0 Å². The second-order valence-corrected chi connectivity index (χ2v) is 5.70. The van der Waals surface area contributed by atoms with Gasteiger partial charge in [0.25, 0.3) is 0 Å². The second kappa shape index (κ2) is 5.98. The minimum Gasteiger partial charge on any atom is -0.452 e. The maximum Gasteiger partial charge on any atom is 0.421 e. The zero-order chi connectivity index (χ0) is 12.9. The van der Waals surface area contributed by atoms with Crippen LogP contribution in [0.15, 0.2) is 0 Å². The fourth-order valence-electron chi connectivity index (χ4n) is 1.49. The quantitative estimate of drug-likeness (QED) is 0.714. The molecule has 0 bridgehead atoms. The molecule has 0 atom stereocenters. The molecule has 1 saturated heterocycles. The highest BCUT2D eigenvalue weighted by Crippen LogP contribution is 2.23. The molecule has 0 aromatic heterocycles. The third-order valence-corrected chi connectivity index (χ3v) is 4.67. The summed E-state index contributed by atoms with van der Waals surface area (Å²) in [4.78, 5) is 10.9. The first-order chi connectivity index (χ1) is 7.93. The van der Waals surface area contributed by atoms with Crippen molar-refractivity contribution in [2.24, 2.45) is 0 Å². The molecule has 100 valence electrons. The first-order valence-corrected chi connectivity index (χ1v) is 7.57. The Morgan fingerprint density at radius 2 is 2.06 bits per heavy atom. The smallest absolute Gasteiger partial charge is 0.421 e. The van der Waals surface area contributed by atoms with Gasteiger partial charge in [0, 0.05) is 24.1 Å². The fraction of sp³-hybridized carbons (Fsp3) is 0.875. The van der Waals surface area contributed by atoms with Gasteiger partial charge in [0.2, 0.25) is 0 Å². The molecule has 17 heavy (non-hydrogen) atoms. The Bertz CT molecular complexity index is 366. The highest BCUT2D eigenvalue weighted by Gasteiger charge is 2.36. The topological polar surface area (TPSA) is 93.7 Å². The lowest BCUT2D eigenvalue weighted by Gasteiger charge is -2.35. The molecule has 7 nitrogen and oxygen atoms in total. The summed E-state index contributed by atoms with van der Waals surface area (Å²) in [7, 11) is -2.83. The first kappa shape index (κ1) is 14.7. The molecule has 0 saturated carbocycles. The molecule has 0 radical (unpaired) electrons. The van der Waals surface area contributed by atoms with Crippen LogP contribution in [0.25, 0.3) is 0 Å². The highest BCUT2D eigenvalue weighted by molar-refractivity contribution is 9.09. The van der Waals surface area contributed by atoms with Crippen molar-refractivity contribution in [3.05, 3.63) is 0 Å². The van der Waals surface area contributed by atoms with Gasteiger partial charge in [0.15, 0.2) is 0 Å². The van der Waals surface area contributed by atoms with Gasteiger partial charge in [-0.05, 0) is 12.8 Å². The molecule has 9 heteroatoms. The maximum absolute atomic E-state index is 11.6. The van der Waals surface area contributed by atoms with Crippen molar-refractivity contribution in [3.63, 3.8) is 0 Å². The molecule has 1 rings (SSSR count). The van der Waals surface area contributed by atoms with E-state index in [0.717, 1.165) is 7.11 Å². The highest BCUT2D eigenvalue weighted by atomic mass is 79.9. The molecule has 1 aliphatic heterocycles. The van der Waals surface area contributed by atoms with Crippen LogP contribution in [-0.4, -0.2) is 45.7 Å². The van der Waals surface area contributed by atoms with Gasteiger partial charge in [-0.15, -0.1) is 0 Å². The Morgan fingerprint density at radius 3 is 2.53 bits per heavy atom. The lowest BCUT2D eigenvalue weighted by molar-refractivity contribution is 0.0556. The lowest BCUT2D eigenvalue weighted by atomic mass is 9.94. The monoisotopic (exact) mass is 330 g/mol. The van der Waals surface area contributed by atoms with Crippen LogP contribution >= 0.6 is 15.9 Å². The summed E-state index contributed by atoms with van der Waals surface area (Å²) in [5.74, 6) is 0. The Hall–Kier alpha value is -0.380. The van der Waals surface area contributed by atoms with E-state index in [2.05, 4.69) is 25.4 Å². The zero-order valence-electron chi connectivity index (χ0n) is 9.36. The van der Waals surface area contributed by atoms with Gasteiger partial charge in [0.1, 0.15) is 0 Å². The van der Waals surface area contributed by atoms with Gasteiger partial charge < -0.3 is 9.47 Å². The molecule has 0 aliphatic carbocycles. The average Bonchev–Trinajstić information content (AvgIpc) is 2.28. The molecule has 0 spiro atoms. The van der Waals surface area contributed by atoms with E-state index in [1.807, 2.05) is 0 Å². The number of nitrogens with one attached hydrogen (secondary N) is 2. The van der Waals surface area contributed by atoms with E-state index < -0.39 is 21.8 Å². The number of carbonyl (C=O) groups is 1. The van der Waals surface area contributed by atoms with Crippen LogP contribution in [0.4, 0.5) is 4.79 Å². The number of amides is 1. The molecule has 1 aliphatic rings. The average molecular weight is 331 g/mol. The van der Waals surface area contributed by atoms with Gasteiger partial charge in [-0.2, -0.15) is 13.1 Å². The number of hydrogen-bond donors (Lipinski definition) is 2. The minimum absolute atomic E-state index is 0.450. The van der Waals surface area contributed by atoms with E-state index in [4.69, 9.17) is 4.74 Å². The van der Waals surface area contributed by atoms with E-state index >= 15 is 0 Å². The van der Waals surface area contributed by atoms with Gasteiger partial charge in [-0.3, -0.25) is 0 Å². The Labute approximate surface area is 109 Å². The van der Waals surface area contributed by atoms with Gasteiger partial charge in [-0.25, -0.2) is 9.52 Å². The van der Waals surface area contributed by atoms with Crippen molar-refractivity contribution in [1.82, 2.24) is 9.44 Å². The van der Waals surface area contributed by atoms with Crippen LogP contribution in [0, 0.1) is 0 Å². The van der Waals surface area contributed by atoms with Crippen molar-refractivity contribution in [2.45, 2.75) is 18.4 Å². The Balaban J connectivity index is 2.69. The van der Waals surface area contributed by atoms with Crippen LogP contribution in [0.1, 0.15) is 12.8 Å². The third kappa shape index (κ3) is 4.41. The number of methoxy groups -OCH3 is 1. The van der Waals surface area contributed by atoms with Gasteiger partial charge in [0.05, 0.1) is 7.11 Å². The van der Waals surface area contributed by atoms with Crippen molar-refractivity contribution < 1.29 is 22.7 Å². The normalized spacial score (nSPS) is 19.6. The number of carbonyl (C=O) groups excluding carboxylic acids is 1. The van der Waals surface area contributed by atoms with Crippen molar-refractivity contribution in [1.29, 1.82) is 0 Å². The standard InChI is InChI=1S/C8H15BrN2O5S/c1-15-7(12)10-17(13,14)11-8(6-9)2-4-16-5-3-8/h11H,2-6H2,1H3,(H,10,12). The molecular weight excluding hydrogens is 316 g/mol. The number of ether oxygens (including phenoxy) is 2. The van der Waals surface area contributed by atoms with Gasteiger partial charge in [-0.1, -0.05) is 15.9 Å². The second-order valence-electron chi connectivity index (χ2n) is 3.73. The maximum atomic E-state index is 11.6. The van der Waals surface area contributed by atoms with E-state index in [-0.39, 0.29) is 0 Å². The molecule has 1 fully saturated rings. The van der Waals surface area contributed by atoms with Crippen LogP contribution in [0.5, 0.6) is 0 Å². The summed E-state index contributed by atoms with van der Waals surface area (Å²) in [6.45, 7) is 0.957. The van der Waals surface area contributed by atoms with E-state index in [0.29, 0.717) is 31.4 Å². The Morgan fingerprint density at radius 1 is 1.47 bits per heavy atom. The lowest BCUT2D eigenvalue weighted by Crippen LogP contribution is -2.56. The van der Waals surface area contributed by atoms with Crippen LogP contribution < -0.4 is 9.44 Å². The SMILES string of the molecule is COC(=O)NS(=O)(=O)NC1(CBr)CCOCC1. The number of rotatable bonds is 4. The van der Waals surface area contributed by atoms with E-state index in [9.17, 15) is 13.2 Å². The Kier molecular flexibility index (Phi) is 5.17. The van der Waals surface area contributed by atoms with Gasteiger partial charge >= 0.3 is 16.3 Å². The minimum atomic E-state index is -3.92. The molecule has 0 aromatic rings. The largest absolute Gasteiger partial charge is 0.452 e. The molecular formula is C8H15BrN2O5S. The van der Waals surface area contributed by atoms with E-state index in [1.54, 1.807) is 4.72 Å². The predicted octanol–water partition coefficient (Wildman–Crippen LogP) is 0.121. The number of alkyl halides is 1. The van der Waals surface area contributed by atoms with Crippen molar-refractivity contribution in [2.75, 3.05) is 25.7 Å². The molecule has 2 N–H and O–H groups in total. The first-order valence-electron chi connectivity index (χ1n) is 4.96. The van der Waals surface area contributed by atoms with Crippen LogP contribution in [0.3, 0.4) is 0 Å². The number of halogens is 1. The summed E-state index contributed by atoms with van der Waals surface area (Å²) in [6.07, 6.45) is 0.0648. The van der Waals surface area contributed by atoms with Crippen LogP contribution in [0.2, 0.25) is 0 Å². The summed E-state index contributed by atoms with van der Waals surface area (Å²) >= 11 is 3.28. The fourth-order valence-corrected chi connectivity index (χ4v) is 3.57.